The van der Waals surface area contributed by atoms with Crippen LogP contribution >= 0.6 is 0 Å². The number of carbonyl (C=O) groups excluding carboxylic acids is 1. The largest absolute Gasteiger partial charge is 0.379 e. The molecule has 0 aromatic carbocycles. The fourth-order valence-corrected chi connectivity index (χ4v) is 1.69. The molecule has 1 aliphatic heterocycles. The summed E-state index contributed by atoms with van der Waals surface area (Å²) < 4.78 is 6.33. The lowest BCUT2D eigenvalue weighted by atomic mass is 10.3. The molecule has 0 atom stereocenters. The Morgan fingerprint density at radius 3 is 2.83 bits per heavy atom. The van der Waals surface area contributed by atoms with E-state index in [0.717, 1.165) is 6.20 Å². The monoisotopic (exact) mass is 255 g/mol. The number of aromatic nitrogens is 2. The maximum atomic E-state index is 12.0. The van der Waals surface area contributed by atoms with Crippen LogP contribution in [0.25, 0.3) is 0 Å². The fraction of sp³-hybridized carbons (Fsp3) is 0.556. The Morgan fingerprint density at radius 2 is 2.22 bits per heavy atom. The summed E-state index contributed by atoms with van der Waals surface area (Å²) >= 11 is 0. The number of hydrogen-bond acceptors (Lipinski definition) is 6. The number of carbonyl (C=O) groups is 1. The molecule has 2 rings (SSSR count). The van der Waals surface area contributed by atoms with E-state index in [-0.39, 0.29) is 11.4 Å². The number of hydrazine groups is 1. The molecule has 0 bridgehead atoms. The van der Waals surface area contributed by atoms with Crippen molar-refractivity contribution in [3.8, 4) is 0 Å². The Hall–Kier alpha value is -2.00. The molecule has 98 valence electrons. The van der Waals surface area contributed by atoms with Gasteiger partial charge in [0.2, 0.25) is 5.69 Å². The maximum absolute atomic E-state index is 12.0. The van der Waals surface area contributed by atoms with Gasteiger partial charge in [0.25, 0.3) is 5.91 Å². The van der Waals surface area contributed by atoms with Crippen molar-refractivity contribution in [1.29, 1.82) is 0 Å². The fourth-order valence-electron chi connectivity index (χ4n) is 1.69. The van der Waals surface area contributed by atoms with E-state index in [2.05, 4.69) is 10.5 Å². The molecule has 1 aromatic heterocycles. The Labute approximate surface area is 102 Å². The molecule has 1 amide bonds. The van der Waals surface area contributed by atoms with Gasteiger partial charge >= 0.3 is 5.69 Å². The van der Waals surface area contributed by atoms with Crippen LogP contribution in [0.1, 0.15) is 10.5 Å². The number of morpholine rings is 1. The Bertz CT molecular complexity index is 466. The Morgan fingerprint density at radius 1 is 1.56 bits per heavy atom. The highest BCUT2D eigenvalue weighted by Crippen LogP contribution is 2.16. The molecule has 0 unspecified atom stereocenters. The number of nitro groups is 1. The zero-order chi connectivity index (χ0) is 13.1. The van der Waals surface area contributed by atoms with E-state index in [4.69, 9.17) is 4.74 Å². The number of rotatable bonds is 3. The minimum atomic E-state index is -0.624. The van der Waals surface area contributed by atoms with Crippen molar-refractivity contribution >= 4 is 11.6 Å². The Kier molecular flexibility index (Phi) is 3.53. The van der Waals surface area contributed by atoms with Crippen molar-refractivity contribution in [2.75, 3.05) is 26.3 Å². The molecule has 1 N–H and O–H groups in total. The average Bonchev–Trinajstić information content (AvgIpc) is 2.72. The molecule has 0 radical (unpaired) electrons. The predicted octanol–water partition coefficient (Wildman–Crippen LogP) is -0.695. The molecule has 0 saturated carbocycles. The summed E-state index contributed by atoms with van der Waals surface area (Å²) in [4.78, 5) is 22.1. The first-order chi connectivity index (χ1) is 8.59. The second-order valence-electron chi connectivity index (χ2n) is 3.80. The number of ether oxygens (including phenoxy) is 1. The quantitative estimate of drug-likeness (QED) is 0.566. The van der Waals surface area contributed by atoms with Crippen LogP contribution in [0.15, 0.2) is 6.20 Å². The zero-order valence-corrected chi connectivity index (χ0v) is 9.83. The predicted molar refractivity (Wildman–Crippen MR) is 59.7 cm³/mol. The highest BCUT2D eigenvalue weighted by Gasteiger charge is 2.26. The third-order valence-electron chi connectivity index (χ3n) is 2.60. The van der Waals surface area contributed by atoms with Crippen molar-refractivity contribution in [2.45, 2.75) is 0 Å². The lowest BCUT2D eigenvalue weighted by Crippen LogP contribution is -2.48. The standard InChI is InChI=1S/C9H13N5O4/c1-12-8(7(6-10-12)14(16)17)9(15)11-13-2-4-18-5-3-13/h6H,2-5H2,1H3,(H,11,15). The first-order valence-electron chi connectivity index (χ1n) is 5.39. The minimum absolute atomic E-state index is 0.0634. The van der Waals surface area contributed by atoms with Crippen LogP contribution in [-0.4, -0.2) is 51.9 Å². The summed E-state index contributed by atoms with van der Waals surface area (Å²) in [5.74, 6) is -0.538. The molecule has 1 saturated heterocycles. The third kappa shape index (κ3) is 2.46. The number of aryl methyl sites for hydroxylation is 1. The van der Waals surface area contributed by atoms with Gasteiger partial charge in [0, 0.05) is 20.1 Å². The van der Waals surface area contributed by atoms with Gasteiger partial charge < -0.3 is 4.74 Å². The van der Waals surface area contributed by atoms with Crippen LogP contribution in [0.4, 0.5) is 5.69 Å². The van der Waals surface area contributed by atoms with E-state index in [1.54, 1.807) is 5.01 Å². The van der Waals surface area contributed by atoms with Gasteiger partial charge in [-0.2, -0.15) is 5.10 Å². The average molecular weight is 255 g/mol. The highest BCUT2D eigenvalue weighted by atomic mass is 16.6. The van der Waals surface area contributed by atoms with Crippen LogP contribution in [0.2, 0.25) is 0 Å². The van der Waals surface area contributed by atoms with Crippen LogP contribution < -0.4 is 5.43 Å². The second kappa shape index (κ2) is 5.10. The van der Waals surface area contributed by atoms with Gasteiger partial charge in [0.1, 0.15) is 6.20 Å². The van der Waals surface area contributed by atoms with Gasteiger partial charge in [-0.25, -0.2) is 5.01 Å². The third-order valence-corrected chi connectivity index (χ3v) is 2.60. The van der Waals surface area contributed by atoms with Crippen molar-refractivity contribution in [2.24, 2.45) is 7.05 Å². The van der Waals surface area contributed by atoms with E-state index in [0.29, 0.717) is 26.3 Å². The Balaban J connectivity index is 2.12. The summed E-state index contributed by atoms with van der Waals surface area (Å²) in [6, 6.07) is 0. The summed E-state index contributed by atoms with van der Waals surface area (Å²) in [7, 11) is 1.49. The van der Waals surface area contributed by atoms with Gasteiger partial charge in [-0.1, -0.05) is 0 Å². The normalized spacial score (nSPS) is 16.5. The van der Waals surface area contributed by atoms with Gasteiger partial charge in [0.05, 0.1) is 18.1 Å². The molecular formula is C9H13N5O4. The second-order valence-corrected chi connectivity index (χ2v) is 3.80. The van der Waals surface area contributed by atoms with Crippen LogP contribution in [0.3, 0.4) is 0 Å². The highest BCUT2D eigenvalue weighted by molar-refractivity contribution is 5.96. The topological polar surface area (TPSA) is 103 Å². The van der Waals surface area contributed by atoms with Crippen LogP contribution in [0, 0.1) is 10.1 Å². The molecule has 1 fully saturated rings. The molecule has 9 nitrogen and oxygen atoms in total. The first kappa shape index (κ1) is 12.5. The minimum Gasteiger partial charge on any atom is -0.379 e. The first-order valence-corrected chi connectivity index (χ1v) is 5.39. The van der Waals surface area contributed by atoms with E-state index < -0.39 is 10.8 Å². The van der Waals surface area contributed by atoms with Crippen molar-refractivity contribution in [3.63, 3.8) is 0 Å². The van der Waals surface area contributed by atoms with E-state index >= 15 is 0 Å². The summed E-state index contributed by atoms with van der Waals surface area (Å²) in [5.41, 5.74) is 2.24. The number of nitrogens with zero attached hydrogens (tertiary/aromatic N) is 4. The molecule has 9 heteroatoms. The van der Waals surface area contributed by atoms with E-state index in [9.17, 15) is 14.9 Å². The summed E-state index contributed by atoms with van der Waals surface area (Å²) in [6.45, 7) is 2.15. The van der Waals surface area contributed by atoms with Crippen LogP contribution in [0.5, 0.6) is 0 Å². The van der Waals surface area contributed by atoms with E-state index in [1.807, 2.05) is 0 Å². The molecular weight excluding hydrogens is 242 g/mol. The molecule has 1 aliphatic rings. The zero-order valence-electron chi connectivity index (χ0n) is 9.83. The molecule has 0 aliphatic carbocycles. The van der Waals surface area contributed by atoms with Gasteiger partial charge in [-0.05, 0) is 0 Å². The molecule has 1 aromatic rings. The molecule has 0 spiro atoms. The van der Waals surface area contributed by atoms with Crippen LogP contribution in [-0.2, 0) is 11.8 Å². The maximum Gasteiger partial charge on any atom is 0.320 e. The summed E-state index contributed by atoms with van der Waals surface area (Å²) in [5, 5.41) is 16.2. The van der Waals surface area contributed by atoms with Crippen molar-refractivity contribution in [1.82, 2.24) is 20.2 Å². The van der Waals surface area contributed by atoms with Gasteiger partial charge in [0.15, 0.2) is 0 Å². The van der Waals surface area contributed by atoms with E-state index in [1.165, 1.54) is 11.7 Å². The number of nitrogens with one attached hydrogen (secondary N) is 1. The molecule has 18 heavy (non-hydrogen) atoms. The lowest BCUT2D eigenvalue weighted by molar-refractivity contribution is -0.385. The molecule has 2 heterocycles. The number of hydrogen-bond donors (Lipinski definition) is 1. The lowest BCUT2D eigenvalue weighted by Gasteiger charge is -2.26. The van der Waals surface area contributed by atoms with Gasteiger partial charge in [-0.15, -0.1) is 0 Å². The summed E-state index contributed by atoms with van der Waals surface area (Å²) in [6.07, 6.45) is 1.06. The van der Waals surface area contributed by atoms with Crippen molar-refractivity contribution in [3.05, 3.63) is 22.0 Å². The van der Waals surface area contributed by atoms with Crippen molar-refractivity contribution < 1.29 is 14.5 Å². The SMILES string of the molecule is Cn1ncc([N+](=O)[O-])c1C(=O)NN1CCOCC1. The van der Waals surface area contributed by atoms with Gasteiger partial charge in [-0.3, -0.25) is 25.0 Å². The smallest absolute Gasteiger partial charge is 0.320 e. The number of amides is 1.